The maximum atomic E-state index is 12.6. The summed E-state index contributed by atoms with van der Waals surface area (Å²) in [6.07, 6.45) is 0.602. The van der Waals surface area contributed by atoms with Gasteiger partial charge in [-0.15, -0.1) is 0 Å². The Morgan fingerprint density at radius 1 is 1.30 bits per heavy atom. The third kappa shape index (κ3) is 5.66. The number of hydrogen-bond acceptors (Lipinski definition) is 4. The van der Waals surface area contributed by atoms with Gasteiger partial charge in [0.2, 0.25) is 5.91 Å². The average molecular weight is 438 g/mol. The second-order valence-corrected chi connectivity index (χ2v) is 7.65. The van der Waals surface area contributed by atoms with Gasteiger partial charge in [0.25, 0.3) is 12.3 Å². The normalized spacial score (nSPS) is 14.3. The van der Waals surface area contributed by atoms with Crippen LogP contribution in [0.25, 0.3) is 0 Å². The van der Waals surface area contributed by atoms with E-state index in [9.17, 15) is 18.4 Å². The summed E-state index contributed by atoms with van der Waals surface area (Å²) in [5, 5.41) is 5.76. The second kappa shape index (κ2) is 9.38. The quantitative estimate of drug-likeness (QED) is 0.636. The SMILES string of the molecule is Cc1cc(C(C)NC(=O)c2ccnc(NC(=O)C3CC3)c2)cc(Cl)c1OCC(F)F. The third-order valence-electron chi connectivity index (χ3n) is 4.67. The number of halogens is 3. The minimum atomic E-state index is -2.60. The van der Waals surface area contributed by atoms with Gasteiger partial charge in [0.05, 0.1) is 11.1 Å². The Bertz CT molecular complexity index is 928. The van der Waals surface area contributed by atoms with E-state index in [4.69, 9.17) is 16.3 Å². The maximum Gasteiger partial charge on any atom is 0.272 e. The van der Waals surface area contributed by atoms with Gasteiger partial charge in [0.1, 0.15) is 18.2 Å². The van der Waals surface area contributed by atoms with E-state index in [0.29, 0.717) is 22.5 Å². The number of nitrogens with one attached hydrogen (secondary N) is 2. The molecule has 1 aromatic heterocycles. The molecule has 2 N–H and O–H groups in total. The van der Waals surface area contributed by atoms with E-state index in [0.717, 1.165) is 12.8 Å². The molecule has 0 aliphatic heterocycles. The molecule has 2 aromatic rings. The average Bonchev–Trinajstić information content (AvgIpc) is 3.52. The number of ether oxygens (including phenoxy) is 1. The lowest BCUT2D eigenvalue weighted by atomic mass is 10.0. The molecule has 0 saturated heterocycles. The summed E-state index contributed by atoms with van der Waals surface area (Å²) in [4.78, 5) is 28.6. The fourth-order valence-electron chi connectivity index (χ4n) is 2.91. The number of rotatable bonds is 8. The summed E-state index contributed by atoms with van der Waals surface area (Å²) >= 11 is 6.18. The van der Waals surface area contributed by atoms with E-state index in [2.05, 4.69) is 15.6 Å². The van der Waals surface area contributed by atoms with Crippen LogP contribution < -0.4 is 15.4 Å². The van der Waals surface area contributed by atoms with Crippen molar-refractivity contribution >= 4 is 29.2 Å². The summed E-state index contributed by atoms with van der Waals surface area (Å²) in [6.45, 7) is 2.73. The van der Waals surface area contributed by atoms with Crippen molar-refractivity contribution in [2.45, 2.75) is 39.2 Å². The first kappa shape index (κ1) is 22.0. The van der Waals surface area contributed by atoms with Crippen molar-refractivity contribution in [3.05, 3.63) is 52.2 Å². The summed E-state index contributed by atoms with van der Waals surface area (Å²) in [7, 11) is 0. The van der Waals surface area contributed by atoms with Gasteiger partial charge in [0, 0.05) is 17.7 Å². The van der Waals surface area contributed by atoms with Gasteiger partial charge in [-0.2, -0.15) is 0 Å². The van der Waals surface area contributed by atoms with E-state index in [1.807, 2.05) is 0 Å². The molecule has 0 spiro atoms. The highest BCUT2D eigenvalue weighted by molar-refractivity contribution is 6.32. The van der Waals surface area contributed by atoms with Crippen LogP contribution in [0.3, 0.4) is 0 Å². The Balaban J connectivity index is 1.67. The molecule has 1 heterocycles. The van der Waals surface area contributed by atoms with E-state index in [1.165, 1.54) is 12.3 Å². The standard InChI is InChI=1S/C21H22ClF2N3O3/c1-11-7-15(8-16(22)19(11)30-10-17(23)24)12(2)26-21(29)14-5-6-25-18(9-14)27-20(28)13-3-4-13/h5-9,12-13,17H,3-4,10H2,1-2H3,(H,26,29)(H,25,27,28). The Morgan fingerprint density at radius 3 is 2.67 bits per heavy atom. The smallest absolute Gasteiger partial charge is 0.272 e. The summed E-state index contributed by atoms with van der Waals surface area (Å²) < 4.78 is 29.9. The molecule has 6 nitrogen and oxygen atoms in total. The van der Waals surface area contributed by atoms with Crippen molar-refractivity contribution < 1.29 is 23.1 Å². The van der Waals surface area contributed by atoms with Crippen LogP contribution in [0, 0.1) is 12.8 Å². The van der Waals surface area contributed by atoms with Crippen molar-refractivity contribution in [3.63, 3.8) is 0 Å². The molecular weight excluding hydrogens is 416 g/mol. The fraction of sp³-hybridized carbons (Fsp3) is 0.381. The van der Waals surface area contributed by atoms with Crippen LogP contribution in [0.4, 0.5) is 14.6 Å². The molecule has 1 aliphatic carbocycles. The maximum absolute atomic E-state index is 12.6. The van der Waals surface area contributed by atoms with Crippen LogP contribution in [-0.4, -0.2) is 29.8 Å². The van der Waals surface area contributed by atoms with E-state index in [-0.39, 0.29) is 28.5 Å². The molecule has 1 fully saturated rings. The predicted octanol–water partition coefficient (Wildman–Crippen LogP) is 4.53. The van der Waals surface area contributed by atoms with Crippen molar-refractivity contribution in [3.8, 4) is 5.75 Å². The number of benzene rings is 1. The van der Waals surface area contributed by atoms with Crippen molar-refractivity contribution in [2.75, 3.05) is 11.9 Å². The lowest BCUT2D eigenvalue weighted by molar-refractivity contribution is -0.117. The van der Waals surface area contributed by atoms with Crippen LogP contribution in [0.1, 0.15) is 47.3 Å². The van der Waals surface area contributed by atoms with E-state index >= 15 is 0 Å². The fourth-order valence-corrected chi connectivity index (χ4v) is 3.24. The minimum absolute atomic E-state index is 0.0324. The molecule has 2 amide bonds. The molecule has 0 bridgehead atoms. The van der Waals surface area contributed by atoms with Gasteiger partial charge in [0.15, 0.2) is 0 Å². The summed E-state index contributed by atoms with van der Waals surface area (Å²) in [5.74, 6) is 0.118. The highest BCUT2D eigenvalue weighted by atomic mass is 35.5. The Labute approximate surface area is 178 Å². The number of anilines is 1. The molecule has 160 valence electrons. The Hall–Kier alpha value is -2.74. The number of alkyl halides is 2. The molecule has 9 heteroatoms. The third-order valence-corrected chi connectivity index (χ3v) is 4.96. The monoisotopic (exact) mass is 437 g/mol. The van der Waals surface area contributed by atoms with Crippen LogP contribution in [0.5, 0.6) is 5.75 Å². The largest absolute Gasteiger partial charge is 0.486 e. The predicted molar refractivity (Wildman–Crippen MR) is 109 cm³/mol. The van der Waals surface area contributed by atoms with Crippen LogP contribution >= 0.6 is 11.6 Å². The van der Waals surface area contributed by atoms with Crippen LogP contribution in [-0.2, 0) is 4.79 Å². The zero-order valence-electron chi connectivity index (χ0n) is 16.5. The van der Waals surface area contributed by atoms with E-state index in [1.54, 1.807) is 32.0 Å². The number of nitrogens with zero attached hydrogens (tertiary/aromatic N) is 1. The molecular formula is C21H22ClF2N3O3. The van der Waals surface area contributed by atoms with Gasteiger partial charge in [-0.1, -0.05) is 17.7 Å². The first-order chi connectivity index (χ1) is 14.2. The minimum Gasteiger partial charge on any atom is -0.486 e. The molecule has 0 radical (unpaired) electrons. The van der Waals surface area contributed by atoms with Gasteiger partial charge < -0.3 is 15.4 Å². The Kier molecular flexibility index (Phi) is 6.87. The summed E-state index contributed by atoms with van der Waals surface area (Å²) in [5.41, 5.74) is 1.64. The first-order valence-corrected chi connectivity index (χ1v) is 9.91. The van der Waals surface area contributed by atoms with Crippen molar-refractivity contribution in [1.82, 2.24) is 10.3 Å². The number of aromatic nitrogens is 1. The number of pyridine rings is 1. The van der Waals surface area contributed by atoms with Gasteiger partial charge >= 0.3 is 0 Å². The van der Waals surface area contributed by atoms with Crippen molar-refractivity contribution in [1.29, 1.82) is 0 Å². The molecule has 1 saturated carbocycles. The van der Waals surface area contributed by atoms with Gasteiger partial charge in [-0.25, -0.2) is 13.8 Å². The van der Waals surface area contributed by atoms with Gasteiger partial charge in [-0.05, 0) is 56.0 Å². The summed E-state index contributed by atoms with van der Waals surface area (Å²) in [6, 6.07) is 5.96. The Morgan fingerprint density at radius 2 is 2.03 bits per heavy atom. The second-order valence-electron chi connectivity index (χ2n) is 7.24. The van der Waals surface area contributed by atoms with Crippen LogP contribution in [0.15, 0.2) is 30.5 Å². The number of carbonyl (C=O) groups excluding carboxylic acids is 2. The topological polar surface area (TPSA) is 80.3 Å². The molecule has 1 aliphatic rings. The molecule has 1 aromatic carbocycles. The van der Waals surface area contributed by atoms with E-state index < -0.39 is 19.1 Å². The number of carbonyl (C=O) groups is 2. The number of amides is 2. The lowest BCUT2D eigenvalue weighted by Crippen LogP contribution is -2.27. The van der Waals surface area contributed by atoms with Gasteiger partial charge in [-0.3, -0.25) is 9.59 Å². The molecule has 1 unspecified atom stereocenters. The van der Waals surface area contributed by atoms with Crippen molar-refractivity contribution in [2.24, 2.45) is 5.92 Å². The zero-order chi connectivity index (χ0) is 21.8. The highest BCUT2D eigenvalue weighted by Gasteiger charge is 2.29. The van der Waals surface area contributed by atoms with Crippen LogP contribution in [0.2, 0.25) is 5.02 Å². The molecule has 3 rings (SSSR count). The first-order valence-electron chi connectivity index (χ1n) is 9.53. The molecule has 1 atom stereocenters. The molecule has 30 heavy (non-hydrogen) atoms. The number of hydrogen-bond donors (Lipinski definition) is 2. The number of aryl methyl sites for hydroxylation is 1. The highest BCUT2D eigenvalue weighted by Crippen LogP contribution is 2.32. The lowest BCUT2D eigenvalue weighted by Gasteiger charge is -2.18. The zero-order valence-corrected chi connectivity index (χ0v) is 17.3.